The monoisotopic (exact) mass is 616 g/mol. The molecule has 0 unspecified atom stereocenters. The van der Waals surface area contributed by atoms with Gasteiger partial charge in [0.15, 0.2) is 6.19 Å². The Morgan fingerprint density at radius 2 is 1.06 bits per heavy atom. The second-order valence-electron chi connectivity index (χ2n) is 11.3. The van der Waals surface area contributed by atoms with Crippen molar-refractivity contribution in [2.45, 2.75) is 6.92 Å². The van der Waals surface area contributed by atoms with Crippen molar-refractivity contribution >= 4 is 38.9 Å². The zero-order chi connectivity index (χ0) is 33.5. The van der Waals surface area contributed by atoms with Gasteiger partial charge in [-0.3, -0.25) is 5.32 Å². The van der Waals surface area contributed by atoms with Gasteiger partial charge >= 0.3 is 0 Å². The summed E-state index contributed by atoms with van der Waals surface area (Å²) >= 11 is 0. The van der Waals surface area contributed by atoms with E-state index < -0.39 is 0 Å². The Kier molecular flexibility index (Phi) is 9.20. The second-order valence-corrected chi connectivity index (χ2v) is 11.3. The molecule has 0 aliphatic carbocycles. The van der Waals surface area contributed by atoms with Crippen LogP contribution in [0.1, 0.15) is 18.1 Å². The van der Waals surface area contributed by atoms with Crippen molar-refractivity contribution in [3.63, 3.8) is 0 Å². The molecular formula is C44H32N4. The van der Waals surface area contributed by atoms with Crippen LogP contribution in [0, 0.1) is 28.2 Å². The summed E-state index contributed by atoms with van der Waals surface area (Å²) in [6.45, 7) is 5.69. The number of nitrogens with one attached hydrogen (secondary N) is 2. The molecule has 48 heavy (non-hydrogen) atoms. The molecule has 2 N–H and O–H groups in total. The minimum Gasteiger partial charge on any atom is -0.308 e. The molecule has 6 rings (SSSR count). The highest BCUT2D eigenvalue weighted by Crippen LogP contribution is 2.41. The van der Waals surface area contributed by atoms with Crippen LogP contribution in [0.4, 0.5) is 0 Å². The van der Waals surface area contributed by atoms with Crippen molar-refractivity contribution in [1.29, 1.82) is 15.9 Å². The molecule has 0 radical (unpaired) electrons. The summed E-state index contributed by atoms with van der Waals surface area (Å²) in [4.78, 5) is 0. The van der Waals surface area contributed by atoms with Crippen molar-refractivity contribution in [2.24, 2.45) is 0 Å². The fourth-order valence-corrected chi connectivity index (χ4v) is 6.20. The lowest BCUT2D eigenvalue weighted by molar-refractivity contribution is 1.20. The Balaban J connectivity index is 1.41. The van der Waals surface area contributed by atoms with Crippen LogP contribution >= 0.6 is 0 Å². The molecule has 6 aromatic rings. The van der Waals surface area contributed by atoms with E-state index in [4.69, 9.17) is 15.9 Å². The smallest absolute Gasteiger partial charge is 0.180 e. The molecule has 0 atom stereocenters. The number of nitriles is 2. The highest BCUT2D eigenvalue weighted by atomic mass is 14.8. The van der Waals surface area contributed by atoms with Gasteiger partial charge in [0.25, 0.3) is 0 Å². The van der Waals surface area contributed by atoms with Gasteiger partial charge in [0.05, 0.1) is 6.07 Å². The summed E-state index contributed by atoms with van der Waals surface area (Å²) in [6.07, 6.45) is 10.5. The van der Waals surface area contributed by atoms with Gasteiger partial charge < -0.3 is 5.41 Å². The summed E-state index contributed by atoms with van der Waals surface area (Å²) in [5, 5.41) is 33.2. The summed E-state index contributed by atoms with van der Waals surface area (Å²) in [5.74, 6) is 0. The molecule has 0 saturated heterocycles. The molecule has 0 aromatic heterocycles. The third-order valence-electron chi connectivity index (χ3n) is 8.46. The molecule has 0 spiro atoms. The van der Waals surface area contributed by atoms with E-state index in [1.165, 1.54) is 33.5 Å². The SMILES string of the molecule is C=C(C#N)/C=C(\C=N)c1ccc(-c2ccc(-c3ccc(-c4ccc(C(/C=C\C)=C/NC#N)cc4)c4ccccc34)c3ccccc23)cc1. The van der Waals surface area contributed by atoms with Crippen LogP contribution in [0.3, 0.4) is 0 Å². The van der Waals surface area contributed by atoms with Gasteiger partial charge in [0.2, 0.25) is 0 Å². The molecule has 4 nitrogen and oxygen atoms in total. The first-order valence-corrected chi connectivity index (χ1v) is 15.6. The molecule has 0 bridgehead atoms. The topological polar surface area (TPSA) is 83.5 Å². The van der Waals surface area contributed by atoms with Gasteiger partial charge in [0, 0.05) is 23.6 Å². The van der Waals surface area contributed by atoms with Crippen LogP contribution in [0.2, 0.25) is 0 Å². The number of benzene rings is 6. The van der Waals surface area contributed by atoms with Gasteiger partial charge in [-0.2, -0.15) is 10.5 Å². The maximum Gasteiger partial charge on any atom is 0.180 e. The number of allylic oxidation sites excluding steroid dienone is 6. The number of hydrogen-bond acceptors (Lipinski definition) is 4. The van der Waals surface area contributed by atoms with E-state index in [0.29, 0.717) is 11.1 Å². The van der Waals surface area contributed by atoms with E-state index in [1.54, 1.807) is 12.3 Å². The first kappa shape index (κ1) is 31.2. The van der Waals surface area contributed by atoms with Gasteiger partial charge in [-0.1, -0.05) is 140 Å². The molecule has 228 valence electrons. The summed E-state index contributed by atoms with van der Waals surface area (Å²) in [5.41, 5.74) is 10.6. The van der Waals surface area contributed by atoms with Crippen LogP contribution in [-0.2, 0) is 0 Å². The lowest BCUT2D eigenvalue weighted by Crippen LogP contribution is -1.94. The average molecular weight is 617 g/mol. The number of fused-ring (bicyclic) bond motifs is 2. The van der Waals surface area contributed by atoms with Crippen LogP contribution in [-0.4, -0.2) is 6.21 Å². The first-order valence-electron chi connectivity index (χ1n) is 15.6. The van der Waals surface area contributed by atoms with E-state index in [9.17, 15) is 0 Å². The normalized spacial score (nSPS) is 11.7. The Bertz CT molecular complexity index is 2360. The first-order chi connectivity index (χ1) is 23.6. The third kappa shape index (κ3) is 6.20. The van der Waals surface area contributed by atoms with Gasteiger partial charge in [0.1, 0.15) is 0 Å². The molecule has 6 aromatic carbocycles. The zero-order valence-corrected chi connectivity index (χ0v) is 26.5. The minimum absolute atomic E-state index is 0.315. The standard InChI is InChI=1S/C44H32N4/c1-3-8-35(28-48-29-47)31-13-17-33(18-14-31)37-21-23-43(41-11-6-4-9-39(37)41)44-24-22-38(40-10-5-7-12-42(40)44)34-19-15-32(16-20-34)36(27-46)25-30(2)26-45/h3-25,27-28,46,48H,2H2,1H3/b8-3-,35-28+,36-25+,46-27?. The molecule has 0 saturated carbocycles. The number of rotatable bonds is 9. The van der Waals surface area contributed by atoms with Crippen molar-refractivity contribution in [2.75, 3.05) is 0 Å². The van der Waals surface area contributed by atoms with Gasteiger partial charge in [-0.25, -0.2) is 0 Å². The Morgan fingerprint density at radius 1 is 0.625 bits per heavy atom. The molecule has 4 heteroatoms. The largest absolute Gasteiger partial charge is 0.308 e. The summed E-state index contributed by atoms with van der Waals surface area (Å²) in [7, 11) is 0. The lowest BCUT2D eigenvalue weighted by atomic mass is 9.87. The lowest BCUT2D eigenvalue weighted by Gasteiger charge is -2.16. The predicted molar refractivity (Wildman–Crippen MR) is 201 cm³/mol. The molecule has 0 fully saturated rings. The highest BCUT2D eigenvalue weighted by molar-refractivity contribution is 6.12. The fourth-order valence-electron chi connectivity index (χ4n) is 6.20. The van der Waals surface area contributed by atoms with E-state index in [1.807, 2.05) is 43.5 Å². The van der Waals surface area contributed by atoms with Crippen molar-refractivity contribution in [3.05, 3.63) is 169 Å². The van der Waals surface area contributed by atoms with Crippen LogP contribution in [0.5, 0.6) is 0 Å². The van der Waals surface area contributed by atoms with E-state index in [2.05, 4.69) is 121 Å². The van der Waals surface area contributed by atoms with E-state index >= 15 is 0 Å². The van der Waals surface area contributed by atoms with Crippen molar-refractivity contribution < 1.29 is 0 Å². The quantitative estimate of drug-likeness (QED) is 0.0557. The number of hydrogen-bond donors (Lipinski definition) is 2. The fraction of sp³-hybridized carbons (Fsp3) is 0.0227. The van der Waals surface area contributed by atoms with Crippen LogP contribution in [0.15, 0.2) is 158 Å². The Labute approximate surface area is 281 Å². The molecule has 0 aliphatic heterocycles. The zero-order valence-electron chi connectivity index (χ0n) is 26.5. The van der Waals surface area contributed by atoms with Crippen molar-refractivity contribution in [1.82, 2.24) is 5.32 Å². The average Bonchev–Trinajstić information content (AvgIpc) is 3.15. The maximum absolute atomic E-state index is 9.13. The van der Waals surface area contributed by atoms with Gasteiger partial charge in [-0.15, -0.1) is 0 Å². The Morgan fingerprint density at radius 3 is 1.48 bits per heavy atom. The molecule has 0 amide bonds. The van der Waals surface area contributed by atoms with E-state index in [-0.39, 0.29) is 0 Å². The summed E-state index contributed by atoms with van der Waals surface area (Å²) in [6, 6.07) is 44.5. The summed E-state index contributed by atoms with van der Waals surface area (Å²) < 4.78 is 0. The maximum atomic E-state index is 9.13. The van der Waals surface area contributed by atoms with Gasteiger partial charge in [-0.05, 0) is 84.6 Å². The minimum atomic E-state index is 0.315. The molecule has 0 heterocycles. The highest BCUT2D eigenvalue weighted by Gasteiger charge is 2.14. The molecular weight excluding hydrogens is 585 g/mol. The number of nitrogens with zero attached hydrogens (tertiary/aromatic N) is 2. The van der Waals surface area contributed by atoms with E-state index in [0.717, 1.165) is 44.3 Å². The van der Waals surface area contributed by atoms with Crippen LogP contribution in [0.25, 0.3) is 66.1 Å². The second kappa shape index (κ2) is 14.1. The molecule has 0 aliphatic rings. The van der Waals surface area contributed by atoms with Crippen LogP contribution < -0.4 is 5.32 Å². The predicted octanol–water partition coefficient (Wildman–Crippen LogP) is 11.1. The van der Waals surface area contributed by atoms with Crippen molar-refractivity contribution in [3.8, 4) is 45.6 Å². The third-order valence-corrected chi connectivity index (χ3v) is 8.46. The Hall–Kier alpha value is -6.75.